The van der Waals surface area contributed by atoms with Crippen LogP contribution in [0.4, 0.5) is 0 Å². The zero-order valence-corrected chi connectivity index (χ0v) is 9.48. The summed E-state index contributed by atoms with van der Waals surface area (Å²) >= 11 is 0. The highest BCUT2D eigenvalue weighted by molar-refractivity contribution is 5.27. The summed E-state index contributed by atoms with van der Waals surface area (Å²) in [5.74, 6) is 0. The van der Waals surface area contributed by atoms with Crippen LogP contribution in [-0.2, 0) is 11.3 Å². The molecule has 0 spiro atoms. The zero-order chi connectivity index (χ0) is 10.8. The van der Waals surface area contributed by atoms with Crippen LogP contribution in [-0.4, -0.2) is 37.7 Å². The summed E-state index contributed by atoms with van der Waals surface area (Å²) in [6.07, 6.45) is 0. The molecule has 1 unspecified atom stereocenters. The average molecular weight is 218 g/mol. The van der Waals surface area contributed by atoms with E-state index in [9.17, 15) is 0 Å². The summed E-state index contributed by atoms with van der Waals surface area (Å²) in [7, 11) is 0. The van der Waals surface area contributed by atoms with Crippen LogP contribution in [0.2, 0.25) is 0 Å². The van der Waals surface area contributed by atoms with Crippen molar-refractivity contribution >= 4 is 0 Å². The molecular formula is C13H18N2O. The van der Waals surface area contributed by atoms with Gasteiger partial charge < -0.3 is 10.1 Å². The summed E-state index contributed by atoms with van der Waals surface area (Å²) < 4.78 is 5.35. The van der Waals surface area contributed by atoms with E-state index in [0.717, 1.165) is 39.4 Å². The second kappa shape index (κ2) is 4.53. The topological polar surface area (TPSA) is 34.4 Å². The average Bonchev–Trinajstić information content (AvgIpc) is 3.15. The van der Waals surface area contributed by atoms with Gasteiger partial charge in [-0.15, -0.1) is 0 Å². The molecule has 2 aliphatic heterocycles. The van der Waals surface area contributed by atoms with Gasteiger partial charge in [0.2, 0.25) is 0 Å². The van der Waals surface area contributed by atoms with Gasteiger partial charge in [-0.2, -0.15) is 0 Å². The fourth-order valence-electron chi connectivity index (χ4n) is 2.17. The molecule has 16 heavy (non-hydrogen) atoms. The van der Waals surface area contributed by atoms with Gasteiger partial charge in [-0.05, 0) is 11.1 Å². The largest absolute Gasteiger partial charge is 0.379 e. The summed E-state index contributed by atoms with van der Waals surface area (Å²) in [6.45, 7) is 6.08. The van der Waals surface area contributed by atoms with Crippen LogP contribution in [0.3, 0.4) is 0 Å². The molecule has 1 aromatic rings. The maximum absolute atomic E-state index is 5.35. The van der Waals surface area contributed by atoms with E-state index in [2.05, 4.69) is 34.5 Å². The smallest absolute Gasteiger partial charge is 0.0594 e. The van der Waals surface area contributed by atoms with Crippen LogP contribution < -0.4 is 5.32 Å². The van der Waals surface area contributed by atoms with Gasteiger partial charge in [0.05, 0.1) is 13.2 Å². The predicted molar refractivity (Wildman–Crippen MR) is 63.3 cm³/mol. The number of rotatable bonds is 3. The summed E-state index contributed by atoms with van der Waals surface area (Å²) in [5, 5.41) is 3.32. The Morgan fingerprint density at radius 3 is 2.50 bits per heavy atom. The molecule has 0 aromatic heterocycles. The first-order valence-electron chi connectivity index (χ1n) is 6.04. The molecule has 0 bridgehead atoms. The van der Waals surface area contributed by atoms with Crippen molar-refractivity contribution < 1.29 is 4.74 Å². The third kappa shape index (κ3) is 2.43. The van der Waals surface area contributed by atoms with Gasteiger partial charge in [0, 0.05) is 32.2 Å². The van der Waals surface area contributed by atoms with Crippen molar-refractivity contribution in [2.75, 3.05) is 32.8 Å². The molecule has 2 aliphatic rings. The first-order valence-corrected chi connectivity index (χ1v) is 6.04. The molecule has 2 saturated heterocycles. The molecule has 1 N–H and O–H groups in total. The van der Waals surface area contributed by atoms with Gasteiger partial charge >= 0.3 is 0 Å². The molecule has 2 heterocycles. The quantitative estimate of drug-likeness (QED) is 0.773. The van der Waals surface area contributed by atoms with Crippen LogP contribution in [0.25, 0.3) is 0 Å². The van der Waals surface area contributed by atoms with E-state index in [0.29, 0.717) is 6.04 Å². The third-order valence-electron chi connectivity index (χ3n) is 3.30. The SMILES string of the molecule is c1cc(C2CN2)ccc1CN1CCOCC1. The molecule has 0 radical (unpaired) electrons. The van der Waals surface area contributed by atoms with Crippen LogP contribution >= 0.6 is 0 Å². The molecular weight excluding hydrogens is 200 g/mol. The lowest BCUT2D eigenvalue weighted by Crippen LogP contribution is -2.35. The fourth-order valence-corrected chi connectivity index (χ4v) is 2.17. The molecule has 2 fully saturated rings. The minimum atomic E-state index is 0.623. The van der Waals surface area contributed by atoms with Crippen LogP contribution in [0.1, 0.15) is 17.2 Å². The van der Waals surface area contributed by atoms with Gasteiger partial charge in [-0.25, -0.2) is 0 Å². The second-order valence-corrected chi connectivity index (χ2v) is 4.59. The summed E-state index contributed by atoms with van der Waals surface area (Å²) in [5.41, 5.74) is 2.83. The monoisotopic (exact) mass is 218 g/mol. The van der Waals surface area contributed by atoms with Crippen molar-refractivity contribution in [2.24, 2.45) is 0 Å². The molecule has 3 heteroatoms. The Morgan fingerprint density at radius 1 is 1.19 bits per heavy atom. The first-order chi connectivity index (χ1) is 7.92. The van der Waals surface area contributed by atoms with Gasteiger partial charge in [-0.3, -0.25) is 4.90 Å². The van der Waals surface area contributed by atoms with Crippen LogP contribution in [0.5, 0.6) is 0 Å². The normalized spacial score (nSPS) is 25.6. The van der Waals surface area contributed by atoms with Crippen molar-refractivity contribution in [3.63, 3.8) is 0 Å². The Kier molecular flexibility index (Phi) is 2.91. The van der Waals surface area contributed by atoms with Gasteiger partial charge in [0.1, 0.15) is 0 Å². The van der Waals surface area contributed by atoms with Crippen molar-refractivity contribution in [2.45, 2.75) is 12.6 Å². The summed E-state index contributed by atoms with van der Waals surface area (Å²) in [4.78, 5) is 2.45. The first kappa shape index (κ1) is 10.3. The number of nitrogens with zero attached hydrogens (tertiary/aromatic N) is 1. The lowest BCUT2D eigenvalue weighted by atomic mass is 10.1. The van der Waals surface area contributed by atoms with Crippen molar-refractivity contribution in [1.82, 2.24) is 10.2 Å². The summed E-state index contributed by atoms with van der Waals surface area (Å²) in [6, 6.07) is 9.63. The standard InChI is InChI=1S/C13H18N2O/c1-3-12(13-9-14-13)4-2-11(1)10-15-5-7-16-8-6-15/h1-4,13-14H,5-10H2. The second-order valence-electron chi connectivity index (χ2n) is 4.59. The molecule has 0 aliphatic carbocycles. The Bertz CT molecular complexity index is 339. The highest BCUT2D eigenvalue weighted by Gasteiger charge is 2.21. The zero-order valence-electron chi connectivity index (χ0n) is 9.48. The Hall–Kier alpha value is -0.900. The van der Waals surface area contributed by atoms with E-state index in [4.69, 9.17) is 4.74 Å². The molecule has 0 amide bonds. The van der Waals surface area contributed by atoms with Crippen molar-refractivity contribution in [3.8, 4) is 0 Å². The minimum Gasteiger partial charge on any atom is -0.379 e. The number of hydrogen-bond donors (Lipinski definition) is 1. The van der Waals surface area contributed by atoms with Gasteiger partial charge in [-0.1, -0.05) is 24.3 Å². The van der Waals surface area contributed by atoms with Gasteiger partial charge in [0.15, 0.2) is 0 Å². The third-order valence-corrected chi connectivity index (χ3v) is 3.30. The maximum atomic E-state index is 5.35. The number of ether oxygens (including phenoxy) is 1. The van der Waals surface area contributed by atoms with Gasteiger partial charge in [0.25, 0.3) is 0 Å². The predicted octanol–water partition coefficient (Wildman–Crippen LogP) is 1.16. The highest BCUT2D eigenvalue weighted by Crippen LogP contribution is 2.21. The lowest BCUT2D eigenvalue weighted by molar-refractivity contribution is 0.0342. The van der Waals surface area contributed by atoms with E-state index in [-0.39, 0.29) is 0 Å². The molecule has 1 atom stereocenters. The number of benzene rings is 1. The molecule has 86 valence electrons. The maximum Gasteiger partial charge on any atom is 0.0594 e. The van der Waals surface area contributed by atoms with E-state index in [1.807, 2.05) is 0 Å². The highest BCUT2D eigenvalue weighted by atomic mass is 16.5. The van der Waals surface area contributed by atoms with E-state index < -0.39 is 0 Å². The number of morpholine rings is 1. The van der Waals surface area contributed by atoms with Crippen LogP contribution in [0, 0.1) is 0 Å². The molecule has 3 rings (SSSR count). The number of nitrogens with one attached hydrogen (secondary N) is 1. The Morgan fingerprint density at radius 2 is 1.88 bits per heavy atom. The number of hydrogen-bond acceptors (Lipinski definition) is 3. The minimum absolute atomic E-state index is 0.623. The van der Waals surface area contributed by atoms with E-state index >= 15 is 0 Å². The fraction of sp³-hybridized carbons (Fsp3) is 0.538. The Labute approximate surface area is 96.4 Å². The van der Waals surface area contributed by atoms with E-state index in [1.54, 1.807) is 0 Å². The molecule has 0 saturated carbocycles. The van der Waals surface area contributed by atoms with Crippen LogP contribution in [0.15, 0.2) is 24.3 Å². The Balaban J connectivity index is 1.60. The molecule has 1 aromatic carbocycles. The van der Waals surface area contributed by atoms with Crippen molar-refractivity contribution in [1.29, 1.82) is 0 Å². The van der Waals surface area contributed by atoms with E-state index in [1.165, 1.54) is 11.1 Å². The lowest BCUT2D eigenvalue weighted by Gasteiger charge is -2.26. The molecule has 3 nitrogen and oxygen atoms in total. The van der Waals surface area contributed by atoms with Crippen molar-refractivity contribution in [3.05, 3.63) is 35.4 Å².